The Balaban J connectivity index is 2.60. The van der Waals surface area contributed by atoms with Crippen molar-refractivity contribution in [3.8, 4) is 0 Å². The Bertz CT molecular complexity index is 210. The van der Waals surface area contributed by atoms with Gasteiger partial charge in [-0.2, -0.15) is 0 Å². The van der Waals surface area contributed by atoms with Crippen LogP contribution in [-0.4, -0.2) is 48.7 Å². The molecule has 1 aliphatic rings. The first-order valence-electron chi connectivity index (χ1n) is 4.93. The first-order chi connectivity index (χ1) is 6.56. The molecule has 0 aromatic heterocycles. The normalized spacial score (nSPS) is 31.4. The van der Waals surface area contributed by atoms with Gasteiger partial charge in [0.25, 0.3) is 0 Å². The zero-order valence-corrected chi connectivity index (χ0v) is 8.77. The Kier molecular flexibility index (Phi) is 3.86. The van der Waals surface area contributed by atoms with Gasteiger partial charge >= 0.3 is 0 Å². The highest BCUT2D eigenvalue weighted by Crippen LogP contribution is 2.14. The molecule has 4 N–H and O–H groups in total. The molecule has 0 aromatic carbocycles. The predicted molar refractivity (Wildman–Crippen MR) is 53.6 cm³/mol. The Labute approximate surface area is 84.4 Å². The van der Waals surface area contributed by atoms with Crippen LogP contribution in [0.5, 0.6) is 0 Å². The van der Waals surface area contributed by atoms with Crippen molar-refractivity contribution in [2.24, 2.45) is 11.5 Å². The summed E-state index contributed by atoms with van der Waals surface area (Å²) in [5, 5.41) is 0. The van der Waals surface area contributed by atoms with E-state index in [4.69, 9.17) is 16.2 Å². The van der Waals surface area contributed by atoms with E-state index in [0.717, 1.165) is 0 Å². The highest BCUT2D eigenvalue weighted by Gasteiger charge is 2.30. The average molecular weight is 201 g/mol. The molecule has 1 heterocycles. The molecule has 1 fully saturated rings. The molecule has 0 bridgehead atoms. The summed E-state index contributed by atoms with van der Waals surface area (Å²) in [4.78, 5) is 13.1. The molecule has 5 nitrogen and oxygen atoms in total. The van der Waals surface area contributed by atoms with Crippen molar-refractivity contribution in [3.63, 3.8) is 0 Å². The smallest absolute Gasteiger partial charge is 0.234 e. The molecular formula is C9H19N3O2. The van der Waals surface area contributed by atoms with Gasteiger partial charge in [0.05, 0.1) is 18.8 Å². The number of morpholine rings is 1. The van der Waals surface area contributed by atoms with Crippen LogP contribution in [0.4, 0.5) is 0 Å². The lowest BCUT2D eigenvalue weighted by Gasteiger charge is -2.40. The molecular weight excluding hydrogens is 182 g/mol. The van der Waals surface area contributed by atoms with Crippen molar-refractivity contribution in [3.05, 3.63) is 0 Å². The van der Waals surface area contributed by atoms with Crippen LogP contribution in [0.15, 0.2) is 0 Å². The second-order valence-electron chi connectivity index (χ2n) is 3.82. The Morgan fingerprint density at radius 1 is 1.71 bits per heavy atom. The molecule has 3 atom stereocenters. The van der Waals surface area contributed by atoms with Gasteiger partial charge in [-0.05, 0) is 13.8 Å². The Morgan fingerprint density at radius 2 is 2.36 bits per heavy atom. The fourth-order valence-corrected chi connectivity index (χ4v) is 1.68. The number of primary amides is 1. The van der Waals surface area contributed by atoms with Crippen LogP contribution in [0, 0.1) is 0 Å². The van der Waals surface area contributed by atoms with Crippen molar-refractivity contribution in [2.45, 2.75) is 32.0 Å². The number of hydrogen-bond acceptors (Lipinski definition) is 4. The molecule has 0 aliphatic carbocycles. The van der Waals surface area contributed by atoms with E-state index in [9.17, 15) is 4.79 Å². The van der Waals surface area contributed by atoms with Gasteiger partial charge in [0, 0.05) is 19.1 Å². The van der Waals surface area contributed by atoms with Crippen LogP contribution in [0.3, 0.4) is 0 Å². The number of hydrogen-bond donors (Lipinski definition) is 2. The molecule has 82 valence electrons. The molecule has 1 saturated heterocycles. The van der Waals surface area contributed by atoms with Crippen LogP contribution in [0.25, 0.3) is 0 Å². The zero-order chi connectivity index (χ0) is 10.7. The molecule has 0 radical (unpaired) electrons. The van der Waals surface area contributed by atoms with E-state index in [-0.39, 0.29) is 24.1 Å². The zero-order valence-electron chi connectivity index (χ0n) is 8.77. The van der Waals surface area contributed by atoms with E-state index in [2.05, 4.69) is 0 Å². The Morgan fingerprint density at radius 3 is 2.86 bits per heavy atom. The molecule has 1 amide bonds. The Hall–Kier alpha value is -0.650. The molecule has 1 aliphatic heterocycles. The van der Waals surface area contributed by atoms with Gasteiger partial charge in [-0.15, -0.1) is 0 Å². The maximum absolute atomic E-state index is 11.0. The number of carbonyl (C=O) groups is 1. The maximum atomic E-state index is 11.0. The van der Waals surface area contributed by atoms with Gasteiger partial charge in [0.1, 0.15) is 0 Å². The monoisotopic (exact) mass is 201 g/mol. The standard InChI is InChI=1S/C9H19N3O2/c1-6-5-14-8(3-10)4-12(6)7(2)9(11)13/h6-8H,3-5,10H2,1-2H3,(H2,11,13). The first-order valence-corrected chi connectivity index (χ1v) is 4.93. The molecule has 14 heavy (non-hydrogen) atoms. The molecule has 1 rings (SSSR count). The first kappa shape index (κ1) is 11.4. The van der Waals surface area contributed by atoms with E-state index in [1.807, 2.05) is 18.7 Å². The third-order valence-electron chi connectivity index (χ3n) is 2.73. The van der Waals surface area contributed by atoms with Crippen molar-refractivity contribution in [2.75, 3.05) is 19.7 Å². The number of carbonyl (C=O) groups excluding carboxylic acids is 1. The lowest BCUT2D eigenvalue weighted by Crippen LogP contribution is -2.56. The SMILES string of the molecule is CC1COC(CN)CN1C(C)C(N)=O. The summed E-state index contributed by atoms with van der Waals surface area (Å²) in [6, 6.07) is -0.0248. The summed E-state index contributed by atoms with van der Waals surface area (Å²) in [5.74, 6) is -0.297. The van der Waals surface area contributed by atoms with Gasteiger partial charge < -0.3 is 16.2 Å². The molecule has 3 unspecified atom stereocenters. The van der Waals surface area contributed by atoms with Crippen molar-refractivity contribution < 1.29 is 9.53 Å². The predicted octanol–water partition coefficient (Wildman–Crippen LogP) is -1.09. The fraction of sp³-hybridized carbons (Fsp3) is 0.889. The van der Waals surface area contributed by atoms with Crippen LogP contribution >= 0.6 is 0 Å². The van der Waals surface area contributed by atoms with Crippen LogP contribution < -0.4 is 11.5 Å². The number of nitrogens with zero attached hydrogens (tertiary/aromatic N) is 1. The fourth-order valence-electron chi connectivity index (χ4n) is 1.68. The topological polar surface area (TPSA) is 81.6 Å². The quantitative estimate of drug-likeness (QED) is 0.608. The van der Waals surface area contributed by atoms with E-state index in [0.29, 0.717) is 19.7 Å². The maximum Gasteiger partial charge on any atom is 0.234 e. The largest absolute Gasteiger partial charge is 0.374 e. The van der Waals surface area contributed by atoms with Crippen LogP contribution in [-0.2, 0) is 9.53 Å². The number of rotatable bonds is 3. The summed E-state index contributed by atoms with van der Waals surface area (Å²) >= 11 is 0. The average Bonchev–Trinajstić information content (AvgIpc) is 2.17. The van der Waals surface area contributed by atoms with Gasteiger partial charge in [-0.25, -0.2) is 0 Å². The van der Waals surface area contributed by atoms with E-state index in [1.165, 1.54) is 0 Å². The van der Waals surface area contributed by atoms with Gasteiger partial charge in [-0.1, -0.05) is 0 Å². The summed E-state index contributed by atoms with van der Waals surface area (Å²) < 4.78 is 5.48. The van der Waals surface area contributed by atoms with Gasteiger partial charge in [0.15, 0.2) is 0 Å². The summed E-state index contributed by atoms with van der Waals surface area (Å²) in [6.07, 6.45) is 0.0213. The van der Waals surface area contributed by atoms with Gasteiger partial charge in [0.2, 0.25) is 5.91 Å². The summed E-state index contributed by atoms with van der Waals surface area (Å²) in [5.41, 5.74) is 10.8. The molecule has 0 aromatic rings. The van der Waals surface area contributed by atoms with Crippen molar-refractivity contribution in [1.29, 1.82) is 0 Å². The highest BCUT2D eigenvalue weighted by atomic mass is 16.5. The second-order valence-corrected chi connectivity index (χ2v) is 3.82. The van der Waals surface area contributed by atoms with E-state index < -0.39 is 0 Å². The highest BCUT2D eigenvalue weighted by molar-refractivity contribution is 5.79. The molecule has 0 saturated carbocycles. The third-order valence-corrected chi connectivity index (χ3v) is 2.73. The van der Waals surface area contributed by atoms with Gasteiger partial charge in [-0.3, -0.25) is 9.69 Å². The summed E-state index contributed by atoms with van der Waals surface area (Å²) in [6.45, 7) is 5.61. The lowest BCUT2D eigenvalue weighted by atomic mass is 10.1. The lowest BCUT2D eigenvalue weighted by molar-refractivity contribution is -0.128. The molecule has 5 heteroatoms. The number of nitrogens with two attached hydrogens (primary N) is 2. The minimum atomic E-state index is -0.297. The van der Waals surface area contributed by atoms with Crippen molar-refractivity contribution in [1.82, 2.24) is 4.90 Å². The van der Waals surface area contributed by atoms with Crippen LogP contribution in [0.1, 0.15) is 13.8 Å². The number of ether oxygens (including phenoxy) is 1. The number of amides is 1. The minimum Gasteiger partial charge on any atom is -0.374 e. The summed E-state index contributed by atoms with van der Waals surface area (Å²) in [7, 11) is 0. The minimum absolute atomic E-state index is 0.0213. The molecule has 0 spiro atoms. The third kappa shape index (κ3) is 2.43. The van der Waals surface area contributed by atoms with Crippen LogP contribution in [0.2, 0.25) is 0 Å². The van der Waals surface area contributed by atoms with E-state index >= 15 is 0 Å². The van der Waals surface area contributed by atoms with E-state index in [1.54, 1.807) is 0 Å². The van der Waals surface area contributed by atoms with Crippen molar-refractivity contribution >= 4 is 5.91 Å². The second kappa shape index (κ2) is 4.72.